The molecule has 6 nitrogen and oxygen atoms in total. The van der Waals surface area contributed by atoms with Crippen molar-refractivity contribution in [2.24, 2.45) is 0 Å². The van der Waals surface area contributed by atoms with Crippen molar-refractivity contribution in [2.45, 2.75) is 6.92 Å². The molecule has 0 aliphatic carbocycles. The van der Waals surface area contributed by atoms with Crippen LogP contribution < -0.4 is 5.32 Å². The molecule has 4 rings (SSSR count). The van der Waals surface area contributed by atoms with Crippen molar-refractivity contribution in [2.75, 3.05) is 11.9 Å². The number of anilines is 1. The second-order valence-corrected chi connectivity index (χ2v) is 7.36. The minimum atomic E-state index is -0.765. The molecule has 0 bridgehead atoms. The van der Waals surface area contributed by atoms with Crippen LogP contribution in [0.3, 0.4) is 0 Å². The van der Waals surface area contributed by atoms with Gasteiger partial charge in [-0.15, -0.1) is 0 Å². The van der Waals surface area contributed by atoms with Crippen molar-refractivity contribution in [1.29, 1.82) is 0 Å². The van der Waals surface area contributed by atoms with Crippen LogP contribution in [-0.4, -0.2) is 28.6 Å². The number of aromatic nitrogens is 1. The highest BCUT2D eigenvalue weighted by molar-refractivity contribution is 7.22. The topological polar surface area (TPSA) is 88.5 Å². The third-order valence-electron chi connectivity index (χ3n) is 4.21. The Morgan fingerprint density at radius 3 is 2.64 bits per heavy atom. The average Bonchev–Trinajstić information content (AvgIpc) is 3.06. The van der Waals surface area contributed by atoms with Crippen LogP contribution in [0.1, 0.15) is 15.9 Å². The van der Waals surface area contributed by atoms with E-state index in [1.165, 1.54) is 17.4 Å². The number of carbonyl (C=O) groups is 2. The first-order valence-electron chi connectivity index (χ1n) is 8.55. The Balaban J connectivity index is 1.42. The van der Waals surface area contributed by atoms with Gasteiger partial charge in [-0.25, -0.2) is 9.78 Å². The van der Waals surface area contributed by atoms with Gasteiger partial charge in [-0.2, -0.15) is 0 Å². The molecule has 1 heterocycles. The molecule has 1 amide bonds. The molecule has 7 heteroatoms. The smallest absolute Gasteiger partial charge is 0.342 e. The van der Waals surface area contributed by atoms with Gasteiger partial charge in [0.05, 0.1) is 10.2 Å². The maximum atomic E-state index is 12.3. The number of aryl methyl sites for hydroxylation is 1. The van der Waals surface area contributed by atoms with Crippen molar-refractivity contribution in [3.05, 3.63) is 65.7 Å². The predicted octanol–water partition coefficient (Wildman–Crippen LogP) is 4.26. The summed E-state index contributed by atoms with van der Waals surface area (Å²) in [6.45, 7) is 1.51. The van der Waals surface area contributed by atoms with E-state index in [-0.39, 0.29) is 11.3 Å². The maximum Gasteiger partial charge on any atom is 0.342 e. The van der Waals surface area contributed by atoms with Crippen LogP contribution >= 0.6 is 11.3 Å². The summed E-state index contributed by atoms with van der Waals surface area (Å²) < 4.78 is 6.02. The van der Waals surface area contributed by atoms with E-state index in [4.69, 9.17) is 4.74 Å². The highest BCUT2D eigenvalue weighted by Crippen LogP contribution is 2.27. The molecule has 0 aliphatic rings. The number of esters is 1. The molecule has 1 aromatic heterocycles. The lowest BCUT2D eigenvalue weighted by molar-refractivity contribution is -0.119. The number of phenols is 1. The number of phenolic OH excluding ortho intramolecular Hbond substituents is 1. The van der Waals surface area contributed by atoms with Crippen molar-refractivity contribution in [3.63, 3.8) is 0 Å². The zero-order valence-electron chi connectivity index (χ0n) is 14.9. The number of hydrogen-bond donors (Lipinski definition) is 2. The van der Waals surface area contributed by atoms with Crippen LogP contribution in [0, 0.1) is 6.92 Å². The van der Waals surface area contributed by atoms with E-state index >= 15 is 0 Å². The molecule has 3 aromatic carbocycles. The number of hydrogen-bond acceptors (Lipinski definition) is 6. The monoisotopic (exact) mass is 392 g/mol. The van der Waals surface area contributed by atoms with Crippen LogP contribution in [0.2, 0.25) is 0 Å². The minimum absolute atomic E-state index is 0.0157. The van der Waals surface area contributed by atoms with E-state index < -0.39 is 18.5 Å². The second-order valence-electron chi connectivity index (χ2n) is 6.33. The molecule has 0 radical (unpaired) electrons. The predicted molar refractivity (Wildman–Crippen MR) is 109 cm³/mol. The molecule has 0 saturated heterocycles. The standard InChI is InChI=1S/C21H16N2O4S/c1-12-6-7-16-18(8-12)28-21(22-16)23-19(25)11-27-20(26)15-9-13-4-2-3-5-14(13)10-17(15)24/h2-10,24H,11H2,1H3,(H,22,23,25). The zero-order valence-corrected chi connectivity index (χ0v) is 15.7. The summed E-state index contributed by atoms with van der Waals surface area (Å²) in [4.78, 5) is 28.7. The Labute approximate surface area is 164 Å². The summed E-state index contributed by atoms with van der Waals surface area (Å²) >= 11 is 1.35. The molecule has 0 spiro atoms. The highest BCUT2D eigenvalue weighted by atomic mass is 32.1. The Kier molecular flexibility index (Phi) is 4.67. The van der Waals surface area contributed by atoms with E-state index in [1.54, 1.807) is 6.07 Å². The first-order chi connectivity index (χ1) is 13.5. The molecule has 0 atom stereocenters. The van der Waals surface area contributed by atoms with Crippen LogP contribution in [0.5, 0.6) is 5.75 Å². The fraction of sp³-hybridized carbons (Fsp3) is 0.0952. The largest absolute Gasteiger partial charge is 0.507 e. The Morgan fingerprint density at radius 2 is 1.86 bits per heavy atom. The van der Waals surface area contributed by atoms with Gasteiger partial charge >= 0.3 is 5.97 Å². The van der Waals surface area contributed by atoms with Crippen molar-refractivity contribution in [1.82, 2.24) is 4.98 Å². The average molecular weight is 392 g/mol. The summed E-state index contributed by atoms with van der Waals surface area (Å²) in [7, 11) is 0. The summed E-state index contributed by atoms with van der Waals surface area (Å²) in [5.74, 6) is -1.45. The fourth-order valence-electron chi connectivity index (χ4n) is 2.84. The maximum absolute atomic E-state index is 12.3. The number of carbonyl (C=O) groups excluding carboxylic acids is 2. The molecule has 0 aliphatic heterocycles. The lowest BCUT2D eigenvalue weighted by Gasteiger charge is -2.07. The van der Waals surface area contributed by atoms with Gasteiger partial charge in [0.2, 0.25) is 0 Å². The lowest BCUT2D eigenvalue weighted by Crippen LogP contribution is -2.20. The molecule has 2 N–H and O–H groups in total. The number of nitrogens with one attached hydrogen (secondary N) is 1. The minimum Gasteiger partial charge on any atom is -0.507 e. The fourth-order valence-corrected chi connectivity index (χ4v) is 3.82. The van der Waals surface area contributed by atoms with Gasteiger partial charge in [0.15, 0.2) is 11.7 Å². The quantitative estimate of drug-likeness (QED) is 0.507. The van der Waals surface area contributed by atoms with Crippen molar-refractivity contribution >= 4 is 49.3 Å². The van der Waals surface area contributed by atoms with Gasteiger partial charge in [0, 0.05) is 0 Å². The molecule has 4 aromatic rings. The molecular weight excluding hydrogens is 376 g/mol. The third kappa shape index (κ3) is 3.65. The normalized spacial score (nSPS) is 10.9. The zero-order chi connectivity index (χ0) is 19.7. The van der Waals surface area contributed by atoms with Crippen molar-refractivity contribution in [3.8, 4) is 5.75 Å². The molecule has 0 saturated carbocycles. The summed E-state index contributed by atoms with van der Waals surface area (Å²) in [5.41, 5.74) is 1.92. The molecule has 0 fully saturated rings. The SMILES string of the molecule is Cc1ccc2nc(NC(=O)COC(=O)c3cc4ccccc4cc3O)sc2c1. The van der Waals surface area contributed by atoms with E-state index in [0.717, 1.165) is 26.6 Å². The van der Waals surface area contributed by atoms with Gasteiger partial charge in [0.25, 0.3) is 5.91 Å². The third-order valence-corrected chi connectivity index (χ3v) is 5.14. The number of fused-ring (bicyclic) bond motifs is 2. The van der Waals surface area contributed by atoms with Gasteiger partial charge in [-0.1, -0.05) is 41.7 Å². The Hall–Kier alpha value is -3.45. The van der Waals surface area contributed by atoms with E-state index in [2.05, 4.69) is 10.3 Å². The lowest BCUT2D eigenvalue weighted by atomic mass is 10.1. The molecule has 140 valence electrons. The molecule has 28 heavy (non-hydrogen) atoms. The van der Waals surface area contributed by atoms with Gasteiger partial charge in [0.1, 0.15) is 11.3 Å². The van der Waals surface area contributed by atoms with Gasteiger partial charge in [-0.05, 0) is 47.5 Å². The summed E-state index contributed by atoms with van der Waals surface area (Å²) in [6, 6.07) is 16.2. The first kappa shape index (κ1) is 17.9. The molecule has 0 unspecified atom stereocenters. The van der Waals surface area contributed by atoms with Gasteiger partial charge < -0.3 is 9.84 Å². The van der Waals surface area contributed by atoms with Crippen LogP contribution in [0.15, 0.2) is 54.6 Å². The molecular formula is C21H16N2O4S. The highest BCUT2D eigenvalue weighted by Gasteiger charge is 2.16. The summed E-state index contributed by atoms with van der Waals surface area (Å²) in [5, 5.41) is 14.7. The number of ether oxygens (including phenoxy) is 1. The number of thiazole rings is 1. The Bertz CT molecular complexity index is 1220. The second kappa shape index (κ2) is 7.28. The van der Waals surface area contributed by atoms with Crippen LogP contribution in [-0.2, 0) is 9.53 Å². The number of benzene rings is 3. The number of nitrogens with zero attached hydrogens (tertiary/aromatic N) is 1. The number of rotatable bonds is 4. The van der Waals surface area contributed by atoms with E-state index in [0.29, 0.717) is 5.13 Å². The summed E-state index contributed by atoms with van der Waals surface area (Å²) in [6.07, 6.45) is 0. The van der Waals surface area contributed by atoms with Gasteiger partial charge in [-0.3, -0.25) is 10.1 Å². The van der Waals surface area contributed by atoms with E-state index in [1.807, 2.05) is 49.4 Å². The number of amides is 1. The van der Waals surface area contributed by atoms with E-state index in [9.17, 15) is 14.7 Å². The van der Waals surface area contributed by atoms with Crippen LogP contribution in [0.4, 0.5) is 5.13 Å². The van der Waals surface area contributed by atoms with Crippen LogP contribution in [0.25, 0.3) is 21.0 Å². The first-order valence-corrected chi connectivity index (χ1v) is 9.37. The van der Waals surface area contributed by atoms with Crippen molar-refractivity contribution < 1.29 is 19.4 Å². The number of aromatic hydroxyl groups is 1. The Morgan fingerprint density at radius 1 is 1.11 bits per heavy atom.